The van der Waals surface area contributed by atoms with Gasteiger partial charge in [0.25, 0.3) is 5.91 Å². The third kappa shape index (κ3) is 7.13. The van der Waals surface area contributed by atoms with E-state index >= 15 is 0 Å². The van der Waals surface area contributed by atoms with E-state index in [1.165, 1.54) is 22.5 Å². The number of hydrogen-bond acceptors (Lipinski definition) is 4. The predicted octanol–water partition coefficient (Wildman–Crippen LogP) is 5.60. The second-order valence-corrected chi connectivity index (χ2v) is 11.4. The van der Waals surface area contributed by atoms with E-state index in [0.717, 1.165) is 12.1 Å². The van der Waals surface area contributed by atoms with Gasteiger partial charge in [0, 0.05) is 35.4 Å². The average molecular weight is 566 g/mol. The maximum atomic E-state index is 13.1. The summed E-state index contributed by atoms with van der Waals surface area (Å²) in [6.07, 6.45) is -2.73. The zero-order chi connectivity index (χ0) is 27.3. The molecule has 3 aromatic rings. The molecule has 1 amide bonds. The van der Waals surface area contributed by atoms with Gasteiger partial charge in [-0.2, -0.15) is 17.5 Å². The molecule has 11 heteroatoms. The van der Waals surface area contributed by atoms with Crippen LogP contribution in [0.5, 0.6) is 0 Å². The number of anilines is 1. The summed E-state index contributed by atoms with van der Waals surface area (Å²) in [5.74, 6) is -0.333. The van der Waals surface area contributed by atoms with Gasteiger partial charge in [0.2, 0.25) is 10.0 Å². The van der Waals surface area contributed by atoms with Crippen molar-refractivity contribution in [3.63, 3.8) is 0 Å². The van der Waals surface area contributed by atoms with Crippen molar-refractivity contribution < 1.29 is 26.4 Å². The highest BCUT2D eigenvalue weighted by Gasteiger charge is 2.31. The molecule has 2 N–H and O–H groups in total. The van der Waals surface area contributed by atoms with Crippen LogP contribution in [0.2, 0.25) is 5.02 Å². The van der Waals surface area contributed by atoms with Crippen LogP contribution in [0.3, 0.4) is 0 Å². The van der Waals surface area contributed by atoms with Crippen LogP contribution in [-0.2, 0) is 22.6 Å². The highest BCUT2D eigenvalue weighted by Crippen LogP contribution is 2.29. The van der Waals surface area contributed by atoms with E-state index in [9.17, 15) is 26.4 Å². The molecule has 0 atom stereocenters. The minimum atomic E-state index is -4.37. The summed E-state index contributed by atoms with van der Waals surface area (Å²) in [5, 5.41) is 6.58. The number of rotatable bonds is 8. The van der Waals surface area contributed by atoms with Crippen molar-refractivity contribution in [2.24, 2.45) is 0 Å². The number of piperidine rings is 1. The Morgan fingerprint density at radius 1 is 0.974 bits per heavy atom. The molecule has 1 fully saturated rings. The number of hydrogen-bond donors (Lipinski definition) is 2. The predicted molar refractivity (Wildman–Crippen MR) is 141 cm³/mol. The Bertz CT molecular complexity index is 1360. The first-order chi connectivity index (χ1) is 18.0. The summed E-state index contributed by atoms with van der Waals surface area (Å²) >= 11 is 5.84. The first-order valence-electron chi connectivity index (χ1n) is 12.1. The second-order valence-electron chi connectivity index (χ2n) is 9.07. The summed E-state index contributed by atoms with van der Waals surface area (Å²) < 4.78 is 66.3. The van der Waals surface area contributed by atoms with Gasteiger partial charge in [-0.3, -0.25) is 4.79 Å². The van der Waals surface area contributed by atoms with E-state index in [1.54, 1.807) is 42.5 Å². The Labute approximate surface area is 224 Å². The number of nitrogens with zero attached hydrogens (tertiary/aromatic N) is 1. The number of halogens is 4. The number of nitrogens with one attached hydrogen (secondary N) is 2. The fourth-order valence-electron chi connectivity index (χ4n) is 4.29. The van der Waals surface area contributed by atoms with E-state index < -0.39 is 21.8 Å². The van der Waals surface area contributed by atoms with E-state index in [2.05, 4.69) is 10.6 Å². The van der Waals surface area contributed by atoms with Gasteiger partial charge >= 0.3 is 6.18 Å². The summed E-state index contributed by atoms with van der Waals surface area (Å²) in [6.45, 7) is 1.17. The lowest BCUT2D eigenvalue weighted by molar-refractivity contribution is -0.137. The van der Waals surface area contributed by atoms with Crippen LogP contribution in [0.4, 0.5) is 18.9 Å². The van der Waals surface area contributed by atoms with Gasteiger partial charge in [0.15, 0.2) is 0 Å². The Kier molecular flexibility index (Phi) is 8.77. The average Bonchev–Trinajstić information content (AvgIpc) is 2.89. The lowest BCUT2D eigenvalue weighted by Crippen LogP contribution is -2.45. The summed E-state index contributed by atoms with van der Waals surface area (Å²) in [7, 11) is -3.70. The van der Waals surface area contributed by atoms with Gasteiger partial charge in [-0.05, 0) is 86.0 Å². The first kappa shape index (κ1) is 28.1. The van der Waals surface area contributed by atoms with Crippen molar-refractivity contribution in [2.75, 3.05) is 25.0 Å². The van der Waals surface area contributed by atoms with Gasteiger partial charge in [-0.15, -0.1) is 0 Å². The molecular weight excluding hydrogens is 539 g/mol. The standard InChI is InChI=1S/C27H27ClF3N3O3S/c28-22-6-4-20(5-7-22)26(35)33-24-8-10-25(11-9-24)38(36,37)34-16-13-23(14-17-34)32-15-12-19-2-1-3-21(18-19)27(29,30)31/h1-11,18,23,32H,12-17H2,(H,33,35). The maximum Gasteiger partial charge on any atom is 0.416 e. The molecule has 0 radical (unpaired) electrons. The highest BCUT2D eigenvalue weighted by molar-refractivity contribution is 7.89. The normalized spacial score (nSPS) is 15.4. The number of amides is 1. The lowest BCUT2D eigenvalue weighted by Gasteiger charge is -2.31. The van der Waals surface area contributed by atoms with Crippen molar-refractivity contribution >= 4 is 33.2 Å². The monoisotopic (exact) mass is 565 g/mol. The van der Waals surface area contributed by atoms with Crippen molar-refractivity contribution in [1.82, 2.24) is 9.62 Å². The molecule has 1 heterocycles. The van der Waals surface area contributed by atoms with Crippen LogP contribution in [-0.4, -0.2) is 44.3 Å². The van der Waals surface area contributed by atoms with Crippen molar-refractivity contribution in [3.8, 4) is 0 Å². The molecule has 0 aromatic heterocycles. The molecule has 1 aliphatic rings. The molecule has 6 nitrogen and oxygen atoms in total. The van der Waals surface area contributed by atoms with Gasteiger partial charge in [-0.25, -0.2) is 8.42 Å². The Balaban J connectivity index is 1.26. The van der Waals surface area contributed by atoms with Crippen LogP contribution >= 0.6 is 11.6 Å². The van der Waals surface area contributed by atoms with Gasteiger partial charge in [0.05, 0.1) is 10.5 Å². The highest BCUT2D eigenvalue weighted by atomic mass is 35.5. The zero-order valence-corrected chi connectivity index (χ0v) is 21.9. The van der Waals surface area contributed by atoms with Crippen molar-refractivity contribution in [2.45, 2.75) is 36.4 Å². The summed E-state index contributed by atoms with van der Waals surface area (Å²) in [6, 6.07) is 17.8. The van der Waals surface area contributed by atoms with E-state index in [4.69, 9.17) is 11.6 Å². The Morgan fingerprint density at radius 2 is 1.63 bits per heavy atom. The molecular formula is C27H27ClF3N3O3S. The SMILES string of the molecule is O=C(Nc1ccc(S(=O)(=O)N2CCC(NCCc3cccc(C(F)(F)F)c3)CC2)cc1)c1ccc(Cl)cc1. The Hall–Kier alpha value is -2.92. The molecule has 4 rings (SSSR count). The molecule has 0 aliphatic carbocycles. The molecule has 1 aliphatic heterocycles. The summed E-state index contributed by atoms with van der Waals surface area (Å²) in [4.78, 5) is 12.5. The lowest BCUT2D eigenvalue weighted by atomic mass is 10.1. The maximum absolute atomic E-state index is 13.1. The Morgan fingerprint density at radius 3 is 2.26 bits per heavy atom. The number of carbonyl (C=O) groups excluding carboxylic acids is 1. The topological polar surface area (TPSA) is 78.5 Å². The quantitative estimate of drug-likeness (QED) is 0.373. The van der Waals surface area contributed by atoms with E-state index in [0.29, 0.717) is 60.7 Å². The van der Waals surface area contributed by atoms with Crippen LogP contribution < -0.4 is 10.6 Å². The molecule has 0 unspecified atom stereocenters. The molecule has 0 bridgehead atoms. The number of sulfonamides is 1. The van der Waals surface area contributed by atoms with Gasteiger partial charge in [-0.1, -0.05) is 29.8 Å². The largest absolute Gasteiger partial charge is 0.416 e. The number of alkyl halides is 3. The number of carbonyl (C=O) groups is 1. The molecule has 3 aromatic carbocycles. The van der Waals surface area contributed by atoms with Crippen molar-refractivity contribution in [3.05, 3.63) is 94.5 Å². The minimum absolute atomic E-state index is 0.0812. The van der Waals surface area contributed by atoms with Gasteiger partial charge < -0.3 is 10.6 Å². The van der Waals surface area contributed by atoms with Crippen LogP contribution in [0.25, 0.3) is 0 Å². The van der Waals surface area contributed by atoms with Crippen molar-refractivity contribution in [1.29, 1.82) is 0 Å². The molecule has 0 spiro atoms. The fraction of sp³-hybridized carbons (Fsp3) is 0.296. The van der Waals surface area contributed by atoms with Crippen LogP contribution in [0.15, 0.2) is 77.7 Å². The van der Waals surface area contributed by atoms with Crippen LogP contribution in [0, 0.1) is 0 Å². The van der Waals surface area contributed by atoms with E-state index in [-0.39, 0.29) is 16.8 Å². The summed E-state index contributed by atoms with van der Waals surface area (Å²) in [5.41, 5.74) is 0.829. The fourth-order valence-corrected chi connectivity index (χ4v) is 5.88. The van der Waals surface area contributed by atoms with Crippen LogP contribution in [0.1, 0.15) is 34.3 Å². The number of benzene rings is 3. The first-order valence-corrected chi connectivity index (χ1v) is 13.9. The van der Waals surface area contributed by atoms with E-state index in [1.807, 2.05) is 0 Å². The second kappa shape index (κ2) is 11.9. The smallest absolute Gasteiger partial charge is 0.322 e. The molecule has 38 heavy (non-hydrogen) atoms. The molecule has 202 valence electrons. The third-order valence-electron chi connectivity index (χ3n) is 6.41. The zero-order valence-electron chi connectivity index (χ0n) is 20.3. The van der Waals surface area contributed by atoms with Gasteiger partial charge in [0.1, 0.15) is 0 Å². The minimum Gasteiger partial charge on any atom is -0.322 e. The third-order valence-corrected chi connectivity index (χ3v) is 8.58. The molecule has 1 saturated heterocycles. The molecule has 0 saturated carbocycles.